The van der Waals surface area contributed by atoms with Gasteiger partial charge in [0.25, 0.3) is 0 Å². The first-order valence-corrected chi connectivity index (χ1v) is 5.53. The largest absolute Gasteiger partial charge is 0.466 e. The van der Waals surface area contributed by atoms with Gasteiger partial charge in [-0.3, -0.25) is 4.79 Å². The summed E-state index contributed by atoms with van der Waals surface area (Å²) in [6.45, 7) is 1.99. The van der Waals surface area contributed by atoms with Crippen LogP contribution in [0.2, 0.25) is 0 Å². The number of aliphatic hydroxyl groups excluding tert-OH is 1. The van der Waals surface area contributed by atoms with Crippen molar-refractivity contribution in [3.63, 3.8) is 0 Å². The van der Waals surface area contributed by atoms with Gasteiger partial charge in [0, 0.05) is 19.4 Å². The molecular formula is C13H16O3. The van der Waals surface area contributed by atoms with E-state index in [1.54, 1.807) is 0 Å². The van der Waals surface area contributed by atoms with Crippen LogP contribution in [0.15, 0.2) is 30.3 Å². The van der Waals surface area contributed by atoms with Crippen molar-refractivity contribution in [1.29, 1.82) is 0 Å². The number of hydrogen-bond donors (Lipinski definition) is 1. The van der Waals surface area contributed by atoms with Gasteiger partial charge in [-0.2, -0.15) is 0 Å². The van der Waals surface area contributed by atoms with Crippen LogP contribution in [0.5, 0.6) is 0 Å². The van der Waals surface area contributed by atoms with E-state index in [4.69, 9.17) is 4.74 Å². The lowest BCUT2D eigenvalue weighted by Gasteiger charge is -2.00. The van der Waals surface area contributed by atoms with Crippen molar-refractivity contribution in [3.8, 4) is 0 Å². The summed E-state index contributed by atoms with van der Waals surface area (Å²) in [5.74, 6) is 0.596. The standard InChI is InChI=1S/C13H16O3/c1-9(15)16-8-12-11(7-14)13(12)10-5-3-2-4-6-10/h2-6,11-14H,7-8H2,1H3/t11-,12+,13+/m0/s1. The quantitative estimate of drug-likeness (QED) is 0.783. The molecule has 0 radical (unpaired) electrons. The molecule has 0 saturated heterocycles. The van der Waals surface area contributed by atoms with Crippen molar-refractivity contribution in [2.45, 2.75) is 12.8 Å². The maximum atomic E-state index is 10.7. The highest BCUT2D eigenvalue weighted by atomic mass is 16.5. The molecule has 1 saturated carbocycles. The van der Waals surface area contributed by atoms with Crippen molar-refractivity contribution in [1.82, 2.24) is 0 Å². The molecule has 16 heavy (non-hydrogen) atoms. The Bertz CT molecular complexity index is 361. The van der Waals surface area contributed by atoms with Gasteiger partial charge >= 0.3 is 5.97 Å². The molecule has 2 rings (SSSR count). The van der Waals surface area contributed by atoms with Gasteiger partial charge in [-0.1, -0.05) is 30.3 Å². The van der Waals surface area contributed by atoms with Crippen LogP contribution in [0.1, 0.15) is 18.4 Å². The first-order valence-electron chi connectivity index (χ1n) is 5.53. The molecule has 0 amide bonds. The summed E-state index contributed by atoms with van der Waals surface area (Å²) >= 11 is 0. The average Bonchev–Trinajstić information content (AvgIpc) is 3.00. The predicted octanol–water partition coefficient (Wildman–Crippen LogP) is 1.57. The van der Waals surface area contributed by atoms with Gasteiger partial charge in [0.2, 0.25) is 0 Å². The molecule has 3 nitrogen and oxygen atoms in total. The lowest BCUT2D eigenvalue weighted by atomic mass is 10.1. The highest BCUT2D eigenvalue weighted by molar-refractivity contribution is 5.65. The molecule has 1 fully saturated rings. The Morgan fingerprint density at radius 3 is 2.56 bits per heavy atom. The van der Waals surface area contributed by atoms with Gasteiger partial charge in [0.1, 0.15) is 0 Å². The van der Waals surface area contributed by atoms with Crippen molar-refractivity contribution in [3.05, 3.63) is 35.9 Å². The molecule has 3 atom stereocenters. The Morgan fingerprint density at radius 2 is 2.00 bits per heavy atom. The first-order chi connectivity index (χ1) is 7.74. The lowest BCUT2D eigenvalue weighted by Crippen LogP contribution is -2.04. The predicted molar refractivity (Wildman–Crippen MR) is 59.9 cm³/mol. The minimum atomic E-state index is -0.254. The van der Waals surface area contributed by atoms with Gasteiger partial charge < -0.3 is 9.84 Å². The maximum absolute atomic E-state index is 10.7. The molecule has 0 aliphatic heterocycles. The molecule has 1 N–H and O–H groups in total. The molecule has 0 heterocycles. The van der Waals surface area contributed by atoms with Crippen LogP contribution in [0.3, 0.4) is 0 Å². The smallest absolute Gasteiger partial charge is 0.302 e. The Hall–Kier alpha value is -1.35. The average molecular weight is 220 g/mol. The van der Waals surface area contributed by atoms with Crippen LogP contribution in [-0.4, -0.2) is 24.3 Å². The number of esters is 1. The molecule has 0 aromatic heterocycles. The van der Waals surface area contributed by atoms with Gasteiger partial charge in [-0.25, -0.2) is 0 Å². The van der Waals surface area contributed by atoms with E-state index in [9.17, 15) is 9.90 Å². The Balaban J connectivity index is 1.98. The van der Waals surface area contributed by atoms with E-state index in [2.05, 4.69) is 12.1 Å². The molecule has 0 unspecified atom stereocenters. The summed E-state index contributed by atoms with van der Waals surface area (Å²) < 4.78 is 5.00. The zero-order chi connectivity index (χ0) is 11.5. The minimum absolute atomic E-state index is 0.158. The van der Waals surface area contributed by atoms with Crippen LogP contribution in [0.4, 0.5) is 0 Å². The molecule has 1 aromatic rings. The van der Waals surface area contributed by atoms with Crippen molar-refractivity contribution in [2.75, 3.05) is 13.2 Å². The summed E-state index contributed by atoms with van der Waals surface area (Å²) in [5, 5.41) is 9.23. The van der Waals surface area contributed by atoms with Gasteiger partial charge in [0.05, 0.1) is 6.61 Å². The Morgan fingerprint density at radius 1 is 1.31 bits per heavy atom. The second-order valence-electron chi connectivity index (χ2n) is 4.25. The fourth-order valence-electron chi connectivity index (χ4n) is 2.30. The number of aliphatic hydroxyl groups is 1. The molecule has 0 spiro atoms. The number of benzene rings is 1. The second-order valence-corrected chi connectivity index (χ2v) is 4.25. The molecular weight excluding hydrogens is 204 g/mol. The highest BCUT2D eigenvalue weighted by Crippen LogP contribution is 2.53. The van der Waals surface area contributed by atoms with E-state index in [1.807, 2.05) is 18.2 Å². The highest BCUT2D eigenvalue weighted by Gasteiger charge is 2.50. The number of carbonyl (C=O) groups is 1. The van der Waals surface area contributed by atoms with Crippen molar-refractivity contribution >= 4 is 5.97 Å². The molecule has 1 aromatic carbocycles. The van der Waals surface area contributed by atoms with Gasteiger partial charge in [0.15, 0.2) is 0 Å². The van der Waals surface area contributed by atoms with E-state index >= 15 is 0 Å². The van der Waals surface area contributed by atoms with Crippen LogP contribution in [0.25, 0.3) is 0 Å². The number of hydrogen-bond acceptors (Lipinski definition) is 3. The first kappa shape index (κ1) is 11.1. The van der Waals surface area contributed by atoms with E-state index in [1.165, 1.54) is 12.5 Å². The fourth-order valence-corrected chi connectivity index (χ4v) is 2.30. The topological polar surface area (TPSA) is 46.5 Å². The van der Waals surface area contributed by atoms with Crippen molar-refractivity contribution in [2.24, 2.45) is 11.8 Å². The monoisotopic (exact) mass is 220 g/mol. The normalized spacial score (nSPS) is 27.5. The molecule has 0 bridgehead atoms. The number of carbonyl (C=O) groups excluding carboxylic acids is 1. The van der Waals surface area contributed by atoms with Crippen molar-refractivity contribution < 1.29 is 14.6 Å². The number of ether oxygens (including phenoxy) is 1. The van der Waals surface area contributed by atoms with E-state index < -0.39 is 0 Å². The van der Waals surface area contributed by atoms with Crippen LogP contribution in [0, 0.1) is 11.8 Å². The summed E-state index contributed by atoms with van der Waals surface area (Å²) in [5.41, 5.74) is 1.22. The second kappa shape index (κ2) is 4.66. The van der Waals surface area contributed by atoms with Gasteiger partial charge in [-0.15, -0.1) is 0 Å². The van der Waals surface area contributed by atoms with E-state index in [0.717, 1.165) is 0 Å². The summed E-state index contributed by atoms with van der Waals surface area (Å²) in [6, 6.07) is 10.1. The summed E-state index contributed by atoms with van der Waals surface area (Å²) in [6.07, 6.45) is 0. The summed E-state index contributed by atoms with van der Waals surface area (Å²) in [7, 11) is 0. The SMILES string of the molecule is CC(=O)OC[C@@H]1[C@H](CO)[C@H]1c1ccccc1. The Kier molecular flexibility index (Phi) is 3.25. The zero-order valence-corrected chi connectivity index (χ0v) is 9.30. The molecule has 86 valence electrons. The fraction of sp³-hybridized carbons (Fsp3) is 0.462. The lowest BCUT2D eigenvalue weighted by molar-refractivity contribution is -0.141. The van der Waals surface area contributed by atoms with Crippen LogP contribution in [-0.2, 0) is 9.53 Å². The van der Waals surface area contributed by atoms with E-state index in [0.29, 0.717) is 12.5 Å². The maximum Gasteiger partial charge on any atom is 0.302 e. The molecule has 1 aliphatic rings. The molecule has 1 aliphatic carbocycles. The third-order valence-electron chi connectivity index (χ3n) is 3.21. The van der Waals surface area contributed by atoms with Gasteiger partial charge in [-0.05, 0) is 17.4 Å². The summed E-state index contributed by atoms with van der Waals surface area (Å²) in [4.78, 5) is 10.7. The Labute approximate surface area is 95.0 Å². The van der Waals surface area contributed by atoms with Crippen LogP contribution < -0.4 is 0 Å². The minimum Gasteiger partial charge on any atom is -0.466 e. The zero-order valence-electron chi connectivity index (χ0n) is 9.30. The van der Waals surface area contributed by atoms with E-state index in [-0.39, 0.29) is 24.4 Å². The third kappa shape index (κ3) is 2.25. The van der Waals surface area contributed by atoms with Crippen LogP contribution >= 0.6 is 0 Å². The molecule has 3 heteroatoms. The number of rotatable bonds is 4. The third-order valence-corrected chi connectivity index (χ3v) is 3.21.